The molecule has 0 spiro atoms. The summed E-state index contributed by atoms with van der Waals surface area (Å²) < 4.78 is 5.36. The van der Waals surface area contributed by atoms with Crippen LogP contribution in [0, 0.1) is 0 Å². The molecule has 3 nitrogen and oxygen atoms in total. The van der Waals surface area contributed by atoms with Gasteiger partial charge in [0.05, 0.1) is 12.3 Å². The van der Waals surface area contributed by atoms with Gasteiger partial charge in [0.15, 0.2) is 0 Å². The lowest BCUT2D eigenvalue weighted by Crippen LogP contribution is -2.40. The smallest absolute Gasteiger partial charge is 0.120 e. The Morgan fingerprint density at radius 3 is 2.50 bits per heavy atom. The summed E-state index contributed by atoms with van der Waals surface area (Å²) in [5.41, 5.74) is 0. The molecule has 0 aliphatic heterocycles. The van der Waals surface area contributed by atoms with Crippen molar-refractivity contribution in [1.29, 1.82) is 0 Å². The average molecular weight is 224 g/mol. The summed E-state index contributed by atoms with van der Waals surface area (Å²) in [6.45, 7) is 12.0. The van der Waals surface area contributed by atoms with E-state index in [4.69, 9.17) is 4.42 Å². The van der Waals surface area contributed by atoms with Gasteiger partial charge in [0.25, 0.3) is 0 Å². The number of nitrogens with zero attached hydrogens (tertiary/aromatic N) is 1. The summed E-state index contributed by atoms with van der Waals surface area (Å²) >= 11 is 0. The number of rotatable bonds is 7. The van der Waals surface area contributed by atoms with Gasteiger partial charge in [0.2, 0.25) is 0 Å². The minimum absolute atomic E-state index is 0.285. The minimum Gasteiger partial charge on any atom is -0.468 e. The van der Waals surface area contributed by atoms with E-state index in [1.165, 1.54) is 0 Å². The second-order valence-corrected chi connectivity index (χ2v) is 4.22. The van der Waals surface area contributed by atoms with Crippen LogP contribution in [-0.2, 0) is 0 Å². The Morgan fingerprint density at radius 1 is 1.31 bits per heavy atom. The molecule has 1 heterocycles. The molecule has 0 saturated carbocycles. The fraction of sp³-hybridized carbons (Fsp3) is 0.692. The summed E-state index contributed by atoms with van der Waals surface area (Å²) in [6, 6.07) is 4.79. The van der Waals surface area contributed by atoms with E-state index in [-0.39, 0.29) is 6.04 Å². The quantitative estimate of drug-likeness (QED) is 0.772. The van der Waals surface area contributed by atoms with Crippen molar-refractivity contribution in [3.8, 4) is 0 Å². The zero-order valence-corrected chi connectivity index (χ0v) is 10.9. The molecule has 0 radical (unpaired) electrons. The third kappa shape index (κ3) is 3.65. The molecule has 3 heteroatoms. The molecule has 2 unspecified atom stereocenters. The Balaban J connectivity index is 2.34. The van der Waals surface area contributed by atoms with Crippen LogP contribution in [0.2, 0.25) is 0 Å². The van der Waals surface area contributed by atoms with E-state index in [2.05, 4.69) is 37.9 Å². The molecule has 0 aliphatic carbocycles. The van der Waals surface area contributed by atoms with Gasteiger partial charge in [-0.05, 0) is 39.1 Å². The molecule has 1 aromatic heterocycles. The van der Waals surface area contributed by atoms with Gasteiger partial charge in [-0.3, -0.25) is 4.90 Å². The van der Waals surface area contributed by atoms with E-state index < -0.39 is 0 Å². The lowest BCUT2D eigenvalue weighted by atomic mass is 10.2. The van der Waals surface area contributed by atoms with Crippen LogP contribution in [0.1, 0.15) is 39.5 Å². The molecule has 2 atom stereocenters. The van der Waals surface area contributed by atoms with Crippen LogP contribution in [0.15, 0.2) is 22.8 Å². The van der Waals surface area contributed by atoms with Gasteiger partial charge in [-0.25, -0.2) is 0 Å². The van der Waals surface area contributed by atoms with Gasteiger partial charge in [0.1, 0.15) is 5.76 Å². The third-order valence-corrected chi connectivity index (χ3v) is 3.13. The van der Waals surface area contributed by atoms with E-state index in [1.807, 2.05) is 12.1 Å². The molecule has 0 aliphatic rings. The molecular formula is C13H24N2O. The highest BCUT2D eigenvalue weighted by Crippen LogP contribution is 2.12. The fourth-order valence-electron chi connectivity index (χ4n) is 1.96. The molecule has 0 amide bonds. The van der Waals surface area contributed by atoms with E-state index in [1.54, 1.807) is 6.26 Å². The number of nitrogens with one attached hydrogen (secondary N) is 1. The minimum atomic E-state index is 0.285. The Bertz CT molecular complexity index is 267. The maximum Gasteiger partial charge on any atom is 0.120 e. The Hall–Kier alpha value is -0.800. The second-order valence-electron chi connectivity index (χ2n) is 4.22. The molecule has 1 rings (SSSR count). The molecule has 0 bridgehead atoms. The van der Waals surface area contributed by atoms with Gasteiger partial charge >= 0.3 is 0 Å². The van der Waals surface area contributed by atoms with Crippen LogP contribution >= 0.6 is 0 Å². The molecule has 0 fully saturated rings. The molecular weight excluding hydrogens is 200 g/mol. The molecule has 1 aromatic rings. The SMILES string of the molecule is CCN(CC)C(C)CNC(C)c1ccco1. The maximum absolute atomic E-state index is 5.36. The Kier molecular flexibility index (Phi) is 5.56. The second kappa shape index (κ2) is 6.71. The zero-order valence-electron chi connectivity index (χ0n) is 10.9. The summed E-state index contributed by atoms with van der Waals surface area (Å²) in [5, 5.41) is 3.50. The van der Waals surface area contributed by atoms with Crippen molar-refractivity contribution in [2.75, 3.05) is 19.6 Å². The summed E-state index contributed by atoms with van der Waals surface area (Å²) in [6.07, 6.45) is 1.72. The first-order valence-corrected chi connectivity index (χ1v) is 6.19. The first-order chi connectivity index (χ1) is 7.69. The van der Waals surface area contributed by atoms with Crippen molar-refractivity contribution in [2.24, 2.45) is 0 Å². The van der Waals surface area contributed by atoms with Crippen LogP contribution in [0.25, 0.3) is 0 Å². The average Bonchev–Trinajstić information content (AvgIpc) is 2.81. The molecule has 16 heavy (non-hydrogen) atoms. The molecule has 92 valence electrons. The van der Waals surface area contributed by atoms with E-state index >= 15 is 0 Å². The topological polar surface area (TPSA) is 28.4 Å². The molecule has 0 aromatic carbocycles. The highest BCUT2D eigenvalue weighted by atomic mass is 16.3. The van der Waals surface area contributed by atoms with Gasteiger partial charge < -0.3 is 9.73 Å². The Labute approximate surface area is 98.8 Å². The first kappa shape index (κ1) is 13.3. The summed E-state index contributed by atoms with van der Waals surface area (Å²) in [5.74, 6) is 1.01. The van der Waals surface area contributed by atoms with Crippen LogP contribution in [-0.4, -0.2) is 30.6 Å². The predicted molar refractivity (Wildman–Crippen MR) is 67.5 cm³/mol. The van der Waals surface area contributed by atoms with Crippen LogP contribution in [0.4, 0.5) is 0 Å². The summed E-state index contributed by atoms with van der Waals surface area (Å²) in [7, 11) is 0. The van der Waals surface area contributed by atoms with Crippen molar-refractivity contribution >= 4 is 0 Å². The van der Waals surface area contributed by atoms with E-state index in [9.17, 15) is 0 Å². The molecule has 0 saturated heterocycles. The van der Waals surface area contributed by atoms with Gasteiger partial charge in [-0.15, -0.1) is 0 Å². The lowest BCUT2D eigenvalue weighted by Gasteiger charge is -2.27. The monoisotopic (exact) mass is 224 g/mol. The van der Waals surface area contributed by atoms with Crippen LogP contribution < -0.4 is 5.32 Å². The normalized spacial score (nSPS) is 15.3. The van der Waals surface area contributed by atoms with Gasteiger partial charge in [0, 0.05) is 12.6 Å². The fourth-order valence-corrected chi connectivity index (χ4v) is 1.96. The van der Waals surface area contributed by atoms with Crippen molar-refractivity contribution in [1.82, 2.24) is 10.2 Å². The number of furan rings is 1. The zero-order chi connectivity index (χ0) is 12.0. The lowest BCUT2D eigenvalue weighted by molar-refractivity contribution is 0.220. The van der Waals surface area contributed by atoms with Crippen LogP contribution in [0.5, 0.6) is 0 Å². The Morgan fingerprint density at radius 2 is 2.00 bits per heavy atom. The van der Waals surface area contributed by atoms with Crippen molar-refractivity contribution in [3.05, 3.63) is 24.2 Å². The van der Waals surface area contributed by atoms with Crippen molar-refractivity contribution in [3.63, 3.8) is 0 Å². The first-order valence-electron chi connectivity index (χ1n) is 6.19. The maximum atomic E-state index is 5.36. The van der Waals surface area contributed by atoms with E-state index in [0.29, 0.717) is 6.04 Å². The number of hydrogen-bond acceptors (Lipinski definition) is 3. The molecule has 1 N–H and O–H groups in total. The predicted octanol–water partition coefficient (Wildman–Crippen LogP) is 2.66. The highest BCUT2D eigenvalue weighted by molar-refractivity contribution is 5.02. The largest absolute Gasteiger partial charge is 0.468 e. The highest BCUT2D eigenvalue weighted by Gasteiger charge is 2.12. The standard InChI is InChI=1S/C13H24N2O/c1-5-15(6-2)11(3)10-14-12(4)13-8-7-9-16-13/h7-9,11-12,14H,5-6,10H2,1-4H3. The number of hydrogen-bond donors (Lipinski definition) is 1. The third-order valence-electron chi connectivity index (χ3n) is 3.13. The number of likely N-dealkylation sites (N-methyl/N-ethyl adjacent to an activating group) is 1. The van der Waals surface area contributed by atoms with Crippen LogP contribution in [0.3, 0.4) is 0 Å². The van der Waals surface area contributed by atoms with Gasteiger partial charge in [-0.1, -0.05) is 13.8 Å². The summed E-state index contributed by atoms with van der Waals surface area (Å²) in [4.78, 5) is 2.45. The van der Waals surface area contributed by atoms with Crippen molar-refractivity contribution in [2.45, 2.75) is 39.8 Å². The van der Waals surface area contributed by atoms with E-state index in [0.717, 1.165) is 25.4 Å². The van der Waals surface area contributed by atoms with Gasteiger partial charge in [-0.2, -0.15) is 0 Å². The van der Waals surface area contributed by atoms with Crippen molar-refractivity contribution < 1.29 is 4.42 Å².